The first kappa shape index (κ1) is 14.3. The maximum Gasteiger partial charge on any atom is 0.459 e. The Morgan fingerprint density at radius 1 is 0.882 bits per heavy atom. The number of allylic oxidation sites excluding steroid dienone is 2. The summed E-state index contributed by atoms with van der Waals surface area (Å²) in [6.07, 6.45) is -3.34. The second kappa shape index (κ2) is 4.82. The fourth-order valence-corrected chi connectivity index (χ4v) is 2.08. The highest BCUT2D eigenvalue weighted by Gasteiger charge is 2.61. The van der Waals surface area contributed by atoms with Gasteiger partial charge in [0.1, 0.15) is 0 Å². The van der Waals surface area contributed by atoms with Gasteiger partial charge >= 0.3 is 12.1 Å². The van der Waals surface area contributed by atoms with Gasteiger partial charge in [-0.15, -0.1) is 0 Å². The lowest BCUT2D eigenvalue weighted by Gasteiger charge is -2.36. The van der Waals surface area contributed by atoms with Crippen LogP contribution in [0.5, 0.6) is 0 Å². The van der Waals surface area contributed by atoms with Gasteiger partial charge in [0.25, 0.3) is 0 Å². The van der Waals surface area contributed by atoms with Crippen molar-refractivity contribution in [1.82, 2.24) is 4.90 Å². The summed E-state index contributed by atoms with van der Waals surface area (Å²) in [5.74, 6) is -4.76. The molecule has 0 amide bonds. The molecule has 17 heavy (non-hydrogen) atoms. The molecule has 1 nitrogen and oxygen atoms in total. The lowest BCUT2D eigenvalue weighted by Crippen LogP contribution is -2.46. The molecule has 1 fully saturated rings. The molecule has 1 heterocycles. The molecule has 0 unspecified atom stereocenters. The van der Waals surface area contributed by atoms with E-state index in [1.165, 1.54) is 18.7 Å². The van der Waals surface area contributed by atoms with Crippen LogP contribution in [0.1, 0.15) is 33.1 Å². The van der Waals surface area contributed by atoms with E-state index in [9.17, 15) is 22.0 Å². The van der Waals surface area contributed by atoms with Crippen molar-refractivity contribution in [3.05, 3.63) is 11.3 Å². The van der Waals surface area contributed by atoms with Gasteiger partial charge in [0.15, 0.2) is 0 Å². The third-order valence-electron chi connectivity index (χ3n) is 2.80. The van der Waals surface area contributed by atoms with Gasteiger partial charge in [0.2, 0.25) is 0 Å². The van der Waals surface area contributed by atoms with E-state index < -0.39 is 17.8 Å². The van der Waals surface area contributed by atoms with E-state index >= 15 is 0 Å². The normalized spacial score (nSPS) is 18.2. The summed E-state index contributed by atoms with van der Waals surface area (Å²) in [5.41, 5.74) is -0.848. The first-order valence-electron chi connectivity index (χ1n) is 5.55. The van der Waals surface area contributed by atoms with E-state index in [1.54, 1.807) is 0 Å². The Hall–Kier alpha value is -0.810. The molecule has 0 N–H and O–H groups in total. The van der Waals surface area contributed by atoms with Crippen LogP contribution in [-0.2, 0) is 0 Å². The molecule has 0 atom stereocenters. The lowest BCUT2D eigenvalue weighted by molar-refractivity contribution is -0.271. The molecule has 1 aliphatic heterocycles. The molecule has 1 saturated heterocycles. The summed E-state index contributed by atoms with van der Waals surface area (Å²) in [6.45, 7) is 3.13. The lowest BCUT2D eigenvalue weighted by atomic mass is 10.0. The smallest absolute Gasteiger partial charge is 0.370 e. The SMILES string of the molecule is CC(C)=C(N1CCCCC1)C(F)(F)C(F)(F)F. The van der Waals surface area contributed by atoms with E-state index in [1.807, 2.05) is 0 Å². The van der Waals surface area contributed by atoms with Crippen molar-refractivity contribution in [2.45, 2.75) is 45.2 Å². The molecule has 0 aliphatic carbocycles. The largest absolute Gasteiger partial charge is 0.459 e. The van der Waals surface area contributed by atoms with Crippen LogP contribution in [0.25, 0.3) is 0 Å². The van der Waals surface area contributed by atoms with Gasteiger partial charge in [-0.05, 0) is 33.1 Å². The Labute approximate surface area is 97.3 Å². The summed E-state index contributed by atoms with van der Waals surface area (Å²) in [5, 5.41) is 0. The van der Waals surface area contributed by atoms with Crippen molar-refractivity contribution >= 4 is 0 Å². The average Bonchev–Trinajstić information content (AvgIpc) is 2.16. The molecule has 0 spiro atoms. The van der Waals surface area contributed by atoms with E-state index in [-0.39, 0.29) is 18.7 Å². The van der Waals surface area contributed by atoms with Crippen LogP contribution in [0.3, 0.4) is 0 Å². The molecule has 0 radical (unpaired) electrons. The number of alkyl halides is 5. The first-order chi connectivity index (χ1) is 7.68. The highest BCUT2D eigenvalue weighted by Crippen LogP contribution is 2.44. The molecule has 1 aliphatic rings. The zero-order chi connectivity index (χ0) is 13.3. The monoisotopic (exact) mass is 257 g/mol. The van der Waals surface area contributed by atoms with E-state index in [0.717, 1.165) is 6.42 Å². The van der Waals surface area contributed by atoms with Crippen molar-refractivity contribution in [3.63, 3.8) is 0 Å². The van der Waals surface area contributed by atoms with Crippen LogP contribution in [0.4, 0.5) is 22.0 Å². The zero-order valence-electron chi connectivity index (χ0n) is 9.87. The Morgan fingerprint density at radius 2 is 1.35 bits per heavy atom. The Morgan fingerprint density at radius 3 is 1.71 bits per heavy atom. The number of halogens is 5. The summed E-state index contributed by atoms with van der Waals surface area (Å²) in [4.78, 5) is 1.17. The summed E-state index contributed by atoms with van der Waals surface area (Å²) in [6, 6.07) is 0. The third-order valence-corrected chi connectivity index (χ3v) is 2.80. The number of hydrogen-bond donors (Lipinski definition) is 0. The number of rotatable bonds is 2. The summed E-state index contributed by atoms with van der Waals surface area (Å²) in [7, 11) is 0. The van der Waals surface area contributed by atoms with Crippen LogP contribution in [0.2, 0.25) is 0 Å². The fraction of sp³-hybridized carbons (Fsp3) is 0.818. The Kier molecular flexibility index (Phi) is 4.04. The van der Waals surface area contributed by atoms with Crippen LogP contribution < -0.4 is 0 Å². The van der Waals surface area contributed by atoms with Crippen LogP contribution in [-0.4, -0.2) is 30.1 Å². The standard InChI is InChI=1S/C11H16F5N/c1-8(2)9(10(12,13)11(14,15)16)17-6-4-3-5-7-17/h3-7H2,1-2H3. The van der Waals surface area contributed by atoms with Crippen LogP contribution in [0.15, 0.2) is 11.3 Å². The molecule has 0 aromatic heterocycles. The number of likely N-dealkylation sites (tertiary alicyclic amines) is 1. The van der Waals surface area contributed by atoms with Crippen molar-refractivity contribution in [2.75, 3.05) is 13.1 Å². The van der Waals surface area contributed by atoms with E-state index in [0.29, 0.717) is 12.8 Å². The second-order valence-corrected chi connectivity index (χ2v) is 4.47. The van der Waals surface area contributed by atoms with E-state index in [2.05, 4.69) is 0 Å². The number of hydrogen-bond acceptors (Lipinski definition) is 1. The summed E-state index contributed by atoms with van der Waals surface area (Å²) < 4.78 is 64.0. The molecule has 0 saturated carbocycles. The molecule has 1 rings (SSSR count). The molecule has 100 valence electrons. The molecule has 0 bridgehead atoms. The molecule has 6 heteroatoms. The van der Waals surface area contributed by atoms with Crippen molar-refractivity contribution in [1.29, 1.82) is 0 Å². The van der Waals surface area contributed by atoms with Gasteiger partial charge < -0.3 is 4.90 Å². The maximum atomic E-state index is 13.4. The topological polar surface area (TPSA) is 3.24 Å². The minimum atomic E-state index is -5.53. The third kappa shape index (κ3) is 2.90. The minimum absolute atomic E-state index is 0.0224. The predicted molar refractivity (Wildman–Crippen MR) is 54.8 cm³/mol. The van der Waals surface area contributed by atoms with Gasteiger partial charge in [-0.25, -0.2) is 0 Å². The molecule has 0 aromatic rings. The predicted octanol–water partition coefficient (Wildman–Crippen LogP) is 3.96. The number of nitrogens with zero attached hydrogens (tertiary/aromatic N) is 1. The van der Waals surface area contributed by atoms with Gasteiger partial charge in [-0.1, -0.05) is 5.57 Å². The van der Waals surface area contributed by atoms with Gasteiger partial charge in [0, 0.05) is 13.1 Å². The highest BCUT2D eigenvalue weighted by atomic mass is 19.4. The van der Waals surface area contributed by atoms with Gasteiger partial charge in [0.05, 0.1) is 5.70 Å². The van der Waals surface area contributed by atoms with Crippen LogP contribution in [0, 0.1) is 0 Å². The van der Waals surface area contributed by atoms with Crippen molar-refractivity contribution < 1.29 is 22.0 Å². The number of piperidine rings is 1. The Balaban J connectivity index is 3.06. The molecular weight excluding hydrogens is 241 g/mol. The van der Waals surface area contributed by atoms with Crippen molar-refractivity contribution in [3.8, 4) is 0 Å². The first-order valence-corrected chi connectivity index (χ1v) is 5.55. The second-order valence-electron chi connectivity index (χ2n) is 4.47. The molecular formula is C11H16F5N. The van der Waals surface area contributed by atoms with Gasteiger partial charge in [-0.3, -0.25) is 0 Å². The summed E-state index contributed by atoms with van der Waals surface area (Å²) >= 11 is 0. The highest BCUT2D eigenvalue weighted by molar-refractivity contribution is 5.20. The van der Waals surface area contributed by atoms with Gasteiger partial charge in [-0.2, -0.15) is 22.0 Å². The fourth-order valence-electron chi connectivity index (χ4n) is 2.08. The minimum Gasteiger partial charge on any atom is -0.370 e. The van der Waals surface area contributed by atoms with Crippen LogP contribution >= 0.6 is 0 Å². The van der Waals surface area contributed by atoms with Crippen molar-refractivity contribution in [2.24, 2.45) is 0 Å². The quantitative estimate of drug-likeness (QED) is 0.677. The maximum absolute atomic E-state index is 13.4. The zero-order valence-corrected chi connectivity index (χ0v) is 9.87. The van der Waals surface area contributed by atoms with E-state index in [4.69, 9.17) is 0 Å². The molecule has 0 aromatic carbocycles. The average molecular weight is 257 g/mol. The Bertz CT molecular complexity index is 295.